The lowest BCUT2D eigenvalue weighted by molar-refractivity contribution is -0.167. The van der Waals surface area contributed by atoms with Crippen molar-refractivity contribution in [3.8, 4) is 0 Å². The Kier molecular flexibility index (Phi) is 62.5. The second-order valence-corrected chi connectivity index (χ2v) is 20.5. The molecule has 0 saturated heterocycles. The van der Waals surface area contributed by atoms with Crippen molar-refractivity contribution in [3.63, 3.8) is 0 Å². The SMILES string of the molecule is CC/C=C\C/C=C\C/C=C\C/C=C\C/C=C\C/C=C\C/C=C\C/C=C\C/C=C\CCCCCC(=O)OCC(COC(=O)CCCCCCC/C=C\C/C=C\CCCCC)OC(=O)CCCCCC/C=C\C/C=C\C/C=C\C/C=C\CC. The van der Waals surface area contributed by atoms with Crippen molar-refractivity contribution in [2.45, 2.75) is 258 Å². The van der Waals surface area contributed by atoms with Crippen LogP contribution in [0, 0.1) is 0 Å². The van der Waals surface area contributed by atoms with Crippen molar-refractivity contribution in [1.82, 2.24) is 0 Å². The standard InChI is InChI=1S/C75H116O6/c1-4-7-10-13-16-19-22-25-28-30-31-32-33-34-35-36-37-38-39-40-41-42-43-45-47-50-53-56-59-62-65-68-74(77)80-71-72(70-79-73(76)67-64-61-58-55-52-49-46-27-24-21-18-15-12-9-6-3)81-75(78)69-66-63-60-57-54-51-48-44-29-26-23-20-17-14-11-8-5-2/h7-8,10-11,16-21,25-29,31-32,34-35,37-38,40-41,43,45-46,48,50-51,53,72H,4-6,9,12-15,22-24,30,33,36,39,42,44,47,49,52,54-71H2,1-3H3/b10-7-,11-8-,19-16-,20-17-,21-18-,28-25-,29-26-,32-31-,35-34-,38-37-,41-40-,45-43-,46-27-,51-48-,53-50-. The van der Waals surface area contributed by atoms with Crippen molar-refractivity contribution in [3.05, 3.63) is 182 Å². The molecule has 0 spiro atoms. The van der Waals surface area contributed by atoms with Crippen LogP contribution in [0.4, 0.5) is 0 Å². The Morgan fingerprint density at radius 1 is 0.259 bits per heavy atom. The molecule has 0 radical (unpaired) electrons. The van der Waals surface area contributed by atoms with Gasteiger partial charge in [0, 0.05) is 19.3 Å². The molecule has 452 valence electrons. The van der Waals surface area contributed by atoms with E-state index in [2.05, 4.69) is 203 Å². The van der Waals surface area contributed by atoms with Crippen LogP contribution in [0.15, 0.2) is 182 Å². The zero-order valence-corrected chi connectivity index (χ0v) is 51.7. The highest BCUT2D eigenvalue weighted by Gasteiger charge is 2.19. The summed E-state index contributed by atoms with van der Waals surface area (Å²) in [6.45, 7) is 6.31. The third-order valence-electron chi connectivity index (χ3n) is 12.9. The highest BCUT2D eigenvalue weighted by molar-refractivity contribution is 5.71. The summed E-state index contributed by atoms with van der Waals surface area (Å²) in [4.78, 5) is 38.3. The van der Waals surface area contributed by atoms with Crippen molar-refractivity contribution < 1.29 is 28.6 Å². The molecule has 0 rings (SSSR count). The summed E-state index contributed by atoms with van der Waals surface area (Å²) in [5, 5.41) is 0. The molecule has 0 aliphatic rings. The average Bonchev–Trinajstić information content (AvgIpc) is 3.47. The lowest BCUT2D eigenvalue weighted by atomic mass is 10.1. The van der Waals surface area contributed by atoms with Crippen LogP contribution in [0.5, 0.6) is 0 Å². The van der Waals surface area contributed by atoms with Crippen LogP contribution in [-0.2, 0) is 28.6 Å². The van der Waals surface area contributed by atoms with E-state index >= 15 is 0 Å². The molecule has 0 aliphatic carbocycles. The van der Waals surface area contributed by atoms with Crippen molar-refractivity contribution >= 4 is 17.9 Å². The number of ether oxygens (including phenoxy) is 3. The molecule has 0 N–H and O–H groups in total. The van der Waals surface area contributed by atoms with Gasteiger partial charge in [0.15, 0.2) is 6.10 Å². The maximum atomic E-state index is 12.9. The molecular weight excluding hydrogens is 997 g/mol. The van der Waals surface area contributed by atoms with Gasteiger partial charge in [0.05, 0.1) is 0 Å². The lowest BCUT2D eigenvalue weighted by Crippen LogP contribution is -2.30. The first-order valence-corrected chi connectivity index (χ1v) is 32.3. The minimum atomic E-state index is -0.822. The summed E-state index contributed by atoms with van der Waals surface area (Å²) in [6, 6.07) is 0. The van der Waals surface area contributed by atoms with E-state index in [0.29, 0.717) is 12.8 Å². The Labute approximate surface area is 497 Å². The van der Waals surface area contributed by atoms with Gasteiger partial charge in [-0.2, -0.15) is 0 Å². The number of unbranched alkanes of at least 4 members (excludes halogenated alkanes) is 15. The molecule has 6 heteroatoms. The molecule has 0 aromatic heterocycles. The van der Waals surface area contributed by atoms with Gasteiger partial charge in [-0.1, -0.05) is 254 Å². The minimum absolute atomic E-state index is 0.115. The third-order valence-corrected chi connectivity index (χ3v) is 12.9. The van der Waals surface area contributed by atoms with E-state index in [0.717, 1.165) is 186 Å². The molecule has 6 nitrogen and oxygen atoms in total. The highest BCUT2D eigenvalue weighted by atomic mass is 16.6. The number of esters is 3. The molecule has 0 amide bonds. The molecule has 0 aromatic carbocycles. The molecule has 0 aliphatic heterocycles. The Bertz CT molecular complexity index is 1900. The van der Waals surface area contributed by atoms with Gasteiger partial charge in [0.25, 0.3) is 0 Å². The third kappa shape index (κ3) is 65.2. The zero-order chi connectivity index (χ0) is 58.5. The molecule has 0 fully saturated rings. The number of rotatable bonds is 56. The first-order valence-electron chi connectivity index (χ1n) is 32.3. The van der Waals surface area contributed by atoms with E-state index in [4.69, 9.17) is 14.2 Å². The summed E-state index contributed by atoms with van der Waals surface area (Å²) >= 11 is 0. The van der Waals surface area contributed by atoms with E-state index in [1.807, 2.05) is 0 Å². The molecular formula is C75H116O6. The lowest BCUT2D eigenvalue weighted by Gasteiger charge is -2.18. The van der Waals surface area contributed by atoms with Crippen LogP contribution in [0.3, 0.4) is 0 Å². The molecule has 0 saturated carbocycles. The van der Waals surface area contributed by atoms with Gasteiger partial charge in [-0.05, 0) is 161 Å². The number of hydrogen-bond donors (Lipinski definition) is 0. The van der Waals surface area contributed by atoms with Gasteiger partial charge in [-0.15, -0.1) is 0 Å². The van der Waals surface area contributed by atoms with Gasteiger partial charge in [-0.25, -0.2) is 0 Å². The van der Waals surface area contributed by atoms with Crippen LogP contribution in [0.2, 0.25) is 0 Å². The smallest absolute Gasteiger partial charge is 0.306 e. The van der Waals surface area contributed by atoms with Crippen LogP contribution in [0.25, 0.3) is 0 Å². The van der Waals surface area contributed by atoms with Gasteiger partial charge >= 0.3 is 17.9 Å². The number of hydrogen-bond acceptors (Lipinski definition) is 6. The number of carbonyl (C=O) groups excluding carboxylic acids is 3. The van der Waals surface area contributed by atoms with Gasteiger partial charge in [0.2, 0.25) is 0 Å². The molecule has 0 bridgehead atoms. The van der Waals surface area contributed by atoms with Crippen molar-refractivity contribution in [2.75, 3.05) is 13.2 Å². The minimum Gasteiger partial charge on any atom is -0.462 e. The maximum absolute atomic E-state index is 12.9. The second-order valence-electron chi connectivity index (χ2n) is 20.5. The first kappa shape index (κ1) is 75.5. The quantitative estimate of drug-likeness (QED) is 0.0261. The summed E-state index contributed by atoms with van der Waals surface area (Å²) in [6.07, 6.45) is 100. The van der Waals surface area contributed by atoms with Gasteiger partial charge < -0.3 is 14.2 Å². The number of carbonyl (C=O) groups is 3. The van der Waals surface area contributed by atoms with Crippen LogP contribution in [0.1, 0.15) is 252 Å². The summed E-state index contributed by atoms with van der Waals surface area (Å²) in [5.74, 6) is -0.993. The van der Waals surface area contributed by atoms with Crippen LogP contribution in [-0.4, -0.2) is 37.2 Å². The monoisotopic (exact) mass is 1110 g/mol. The van der Waals surface area contributed by atoms with Crippen LogP contribution < -0.4 is 0 Å². The Morgan fingerprint density at radius 3 is 0.765 bits per heavy atom. The Morgan fingerprint density at radius 2 is 0.481 bits per heavy atom. The fraction of sp³-hybridized carbons (Fsp3) is 0.560. The largest absolute Gasteiger partial charge is 0.462 e. The van der Waals surface area contributed by atoms with E-state index in [-0.39, 0.29) is 37.5 Å². The second kappa shape index (κ2) is 67.0. The maximum Gasteiger partial charge on any atom is 0.306 e. The molecule has 81 heavy (non-hydrogen) atoms. The highest BCUT2D eigenvalue weighted by Crippen LogP contribution is 2.13. The topological polar surface area (TPSA) is 78.9 Å². The average molecular weight is 1110 g/mol. The van der Waals surface area contributed by atoms with E-state index < -0.39 is 6.10 Å². The van der Waals surface area contributed by atoms with Gasteiger partial charge in [0.1, 0.15) is 13.2 Å². The van der Waals surface area contributed by atoms with E-state index in [9.17, 15) is 14.4 Å². The predicted octanol–water partition coefficient (Wildman–Crippen LogP) is 22.4. The molecule has 1 atom stereocenters. The summed E-state index contributed by atoms with van der Waals surface area (Å²) in [7, 11) is 0. The number of allylic oxidation sites excluding steroid dienone is 30. The summed E-state index contributed by atoms with van der Waals surface area (Å²) < 4.78 is 16.9. The van der Waals surface area contributed by atoms with E-state index in [1.165, 1.54) is 25.7 Å². The van der Waals surface area contributed by atoms with Gasteiger partial charge in [-0.3, -0.25) is 14.4 Å². The molecule has 0 heterocycles. The van der Waals surface area contributed by atoms with Crippen molar-refractivity contribution in [1.29, 1.82) is 0 Å². The Balaban J connectivity index is 4.48. The zero-order valence-electron chi connectivity index (χ0n) is 51.7. The fourth-order valence-corrected chi connectivity index (χ4v) is 8.10. The summed E-state index contributed by atoms with van der Waals surface area (Å²) in [5.41, 5.74) is 0. The first-order chi connectivity index (χ1) is 40.0. The molecule has 0 aromatic rings. The fourth-order valence-electron chi connectivity index (χ4n) is 8.10. The molecule has 1 unspecified atom stereocenters. The Hall–Kier alpha value is -5.49. The normalized spacial score (nSPS) is 13.4. The van der Waals surface area contributed by atoms with Crippen molar-refractivity contribution in [2.24, 2.45) is 0 Å². The predicted molar refractivity (Wildman–Crippen MR) is 352 cm³/mol. The van der Waals surface area contributed by atoms with E-state index in [1.54, 1.807) is 0 Å². The van der Waals surface area contributed by atoms with Crippen LogP contribution >= 0.6 is 0 Å².